The van der Waals surface area contributed by atoms with Gasteiger partial charge in [-0.15, -0.1) is 6.58 Å². The number of thioether (sulfide) groups is 1. The Morgan fingerprint density at radius 1 is 1.21 bits per heavy atom. The zero-order chi connectivity index (χ0) is 23.4. The van der Waals surface area contributed by atoms with Crippen LogP contribution in [0.2, 0.25) is 0 Å². The highest BCUT2D eigenvalue weighted by Crippen LogP contribution is 2.28. The fourth-order valence-electron chi connectivity index (χ4n) is 3.55. The van der Waals surface area contributed by atoms with Crippen molar-refractivity contribution in [2.24, 2.45) is 0 Å². The highest BCUT2D eigenvalue weighted by Gasteiger charge is 2.26. The number of para-hydroxylation sites is 2. The molecule has 1 aliphatic heterocycles. The van der Waals surface area contributed by atoms with Crippen molar-refractivity contribution >= 4 is 44.4 Å². The monoisotopic (exact) mass is 486 g/mol. The lowest BCUT2D eigenvalue weighted by atomic mass is 10.3. The number of nitrogens with zero attached hydrogens (tertiary/aromatic N) is 3. The first kappa shape index (κ1) is 23.5. The molecule has 0 spiro atoms. The van der Waals surface area contributed by atoms with Crippen LogP contribution in [-0.2, 0) is 26.1 Å². The van der Waals surface area contributed by atoms with Gasteiger partial charge in [0.15, 0.2) is 5.16 Å². The van der Waals surface area contributed by atoms with Crippen molar-refractivity contribution in [1.29, 1.82) is 0 Å². The smallest absolute Gasteiger partial charge is 0.243 e. The minimum Gasteiger partial charge on any atom is -0.379 e. The van der Waals surface area contributed by atoms with Gasteiger partial charge in [-0.2, -0.15) is 4.31 Å². The number of hydrogen-bond acceptors (Lipinski definition) is 6. The van der Waals surface area contributed by atoms with Gasteiger partial charge in [0.2, 0.25) is 15.9 Å². The second kappa shape index (κ2) is 10.1. The van der Waals surface area contributed by atoms with Crippen LogP contribution in [-0.4, -0.2) is 59.7 Å². The molecule has 1 saturated heterocycles. The molecule has 2 heterocycles. The van der Waals surface area contributed by atoms with Crippen LogP contribution in [0.1, 0.15) is 6.92 Å². The molecule has 174 valence electrons. The molecule has 1 N–H and O–H groups in total. The number of amides is 1. The van der Waals surface area contributed by atoms with Crippen LogP contribution in [0, 0.1) is 0 Å². The molecule has 3 aromatic rings. The van der Waals surface area contributed by atoms with Crippen LogP contribution in [0.4, 0.5) is 5.69 Å². The Labute approximate surface area is 197 Å². The summed E-state index contributed by atoms with van der Waals surface area (Å²) in [5.41, 5.74) is 2.39. The Morgan fingerprint density at radius 2 is 1.91 bits per heavy atom. The van der Waals surface area contributed by atoms with Gasteiger partial charge >= 0.3 is 0 Å². The number of morpholine rings is 1. The van der Waals surface area contributed by atoms with Gasteiger partial charge in [0, 0.05) is 25.3 Å². The summed E-state index contributed by atoms with van der Waals surface area (Å²) in [6, 6.07) is 14.1. The Bertz CT molecular complexity index is 1250. The number of fused-ring (bicyclic) bond motifs is 1. The molecule has 8 nitrogen and oxygen atoms in total. The maximum atomic E-state index is 12.8. The topological polar surface area (TPSA) is 93.5 Å². The van der Waals surface area contributed by atoms with Gasteiger partial charge in [0.05, 0.1) is 34.4 Å². The lowest BCUT2D eigenvalue weighted by Crippen LogP contribution is -2.40. The van der Waals surface area contributed by atoms with E-state index in [1.807, 2.05) is 35.8 Å². The Balaban J connectivity index is 1.44. The van der Waals surface area contributed by atoms with Gasteiger partial charge in [-0.3, -0.25) is 4.79 Å². The van der Waals surface area contributed by atoms with Crippen molar-refractivity contribution in [3.8, 4) is 0 Å². The molecule has 4 rings (SSSR count). The number of imidazole rings is 1. The van der Waals surface area contributed by atoms with E-state index in [9.17, 15) is 13.2 Å². The minimum absolute atomic E-state index is 0.194. The predicted molar refractivity (Wildman–Crippen MR) is 130 cm³/mol. The van der Waals surface area contributed by atoms with E-state index < -0.39 is 15.3 Å². The van der Waals surface area contributed by atoms with Gasteiger partial charge in [-0.05, 0) is 43.3 Å². The minimum atomic E-state index is -3.57. The largest absolute Gasteiger partial charge is 0.379 e. The van der Waals surface area contributed by atoms with Gasteiger partial charge < -0.3 is 14.6 Å². The van der Waals surface area contributed by atoms with Crippen molar-refractivity contribution in [3.05, 3.63) is 61.2 Å². The number of benzene rings is 2. The first-order chi connectivity index (χ1) is 15.9. The average molecular weight is 487 g/mol. The van der Waals surface area contributed by atoms with E-state index in [2.05, 4.69) is 16.9 Å². The molecular formula is C23H26N4O4S2. The van der Waals surface area contributed by atoms with Crippen LogP contribution < -0.4 is 5.32 Å². The average Bonchev–Trinajstić information content (AvgIpc) is 3.17. The maximum absolute atomic E-state index is 12.8. The normalized spacial score (nSPS) is 15.9. The highest BCUT2D eigenvalue weighted by molar-refractivity contribution is 8.00. The van der Waals surface area contributed by atoms with Gasteiger partial charge in [0.1, 0.15) is 0 Å². The van der Waals surface area contributed by atoms with Crippen LogP contribution in [0.15, 0.2) is 71.2 Å². The molecule has 1 aliphatic rings. The van der Waals surface area contributed by atoms with E-state index in [0.717, 1.165) is 16.2 Å². The third-order valence-corrected chi connectivity index (χ3v) is 8.32. The van der Waals surface area contributed by atoms with E-state index >= 15 is 0 Å². The number of aromatic nitrogens is 2. The van der Waals surface area contributed by atoms with Crippen LogP contribution in [0.25, 0.3) is 11.0 Å². The quantitative estimate of drug-likeness (QED) is 0.388. The third kappa shape index (κ3) is 5.14. The number of nitrogens with one attached hydrogen (secondary N) is 1. The summed E-state index contributed by atoms with van der Waals surface area (Å²) in [6.45, 7) is 7.69. The number of ether oxygens (including phenoxy) is 1. The van der Waals surface area contributed by atoms with Crippen LogP contribution in [0.5, 0.6) is 0 Å². The number of allylic oxidation sites excluding steroid dienone is 1. The second-order valence-electron chi connectivity index (χ2n) is 7.57. The van der Waals surface area contributed by atoms with Crippen LogP contribution in [0.3, 0.4) is 0 Å². The molecule has 0 unspecified atom stereocenters. The summed E-state index contributed by atoms with van der Waals surface area (Å²) in [5, 5.41) is 3.19. The van der Waals surface area contributed by atoms with E-state index in [1.54, 1.807) is 18.2 Å². The number of anilines is 1. The third-order valence-electron chi connectivity index (χ3n) is 5.31. The summed E-state index contributed by atoms with van der Waals surface area (Å²) in [5.74, 6) is -0.194. The summed E-state index contributed by atoms with van der Waals surface area (Å²) in [7, 11) is -3.57. The highest BCUT2D eigenvalue weighted by atomic mass is 32.2. The van der Waals surface area contributed by atoms with Crippen molar-refractivity contribution in [2.45, 2.75) is 28.8 Å². The molecule has 0 aliphatic carbocycles. The fourth-order valence-corrected chi connectivity index (χ4v) is 5.89. The summed E-state index contributed by atoms with van der Waals surface area (Å²) in [4.78, 5) is 17.7. The first-order valence-corrected chi connectivity index (χ1v) is 12.9. The SMILES string of the molecule is C=CCn1c(S[C@@H](C)C(=O)Nc2ccc(S(=O)(=O)N3CCOCC3)cc2)nc2ccccc21. The van der Waals surface area contributed by atoms with Gasteiger partial charge in [-0.1, -0.05) is 30.0 Å². The standard InChI is InChI=1S/C23H26N4O4S2/c1-3-12-27-21-7-5-4-6-20(21)25-23(27)32-17(2)22(28)24-18-8-10-19(11-9-18)33(29,30)26-13-15-31-16-14-26/h3-11,17H,1,12-16H2,2H3,(H,24,28)/t17-/m0/s1. The van der Waals surface area contributed by atoms with E-state index in [4.69, 9.17) is 4.74 Å². The Hall–Kier alpha value is -2.66. The number of hydrogen-bond donors (Lipinski definition) is 1. The van der Waals surface area contributed by atoms with Crippen molar-refractivity contribution in [2.75, 3.05) is 31.6 Å². The molecule has 1 fully saturated rings. The van der Waals surface area contributed by atoms with Crippen molar-refractivity contribution in [3.63, 3.8) is 0 Å². The van der Waals surface area contributed by atoms with Gasteiger partial charge in [0.25, 0.3) is 0 Å². The summed E-state index contributed by atoms with van der Waals surface area (Å²) in [6.07, 6.45) is 1.80. The molecule has 1 amide bonds. The zero-order valence-electron chi connectivity index (χ0n) is 18.3. The maximum Gasteiger partial charge on any atom is 0.243 e. The summed E-state index contributed by atoms with van der Waals surface area (Å²) < 4.78 is 34.2. The van der Waals surface area contributed by atoms with Crippen LogP contribution >= 0.6 is 11.8 Å². The molecule has 1 aromatic heterocycles. The van der Waals surface area contributed by atoms with Gasteiger partial charge in [-0.25, -0.2) is 13.4 Å². The lowest BCUT2D eigenvalue weighted by Gasteiger charge is -2.26. The molecule has 33 heavy (non-hydrogen) atoms. The van der Waals surface area contributed by atoms with E-state index in [-0.39, 0.29) is 10.8 Å². The molecule has 0 bridgehead atoms. The van der Waals surface area contributed by atoms with E-state index in [0.29, 0.717) is 38.5 Å². The number of sulfonamides is 1. The molecule has 0 saturated carbocycles. The fraction of sp³-hybridized carbons (Fsp3) is 0.304. The number of carbonyl (C=O) groups excluding carboxylic acids is 1. The van der Waals surface area contributed by atoms with Crippen molar-refractivity contribution < 1.29 is 17.9 Å². The molecular weight excluding hydrogens is 460 g/mol. The molecule has 0 radical (unpaired) electrons. The van der Waals surface area contributed by atoms with E-state index in [1.165, 1.54) is 28.2 Å². The van der Waals surface area contributed by atoms with Crippen molar-refractivity contribution in [1.82, 2.24) is 13.9 Å². The zero-order valence-corrected chi connectivity index (χ0v) is 19.9. The predicted octanol–water partition coefficient (Wildman–Crippen LogP) is 3.36. The number of carbonyl (C=O) groups is 1. The Morgan fingerprint density at radius 3 is 2.61 bits per heavy atom. The first-order valence-electron chi connectivity index (χ1n) is 10.6. The Kier molecular flexibility index (Phi) is 7.18. The number of rotatable bonds is 8. The second-order valence-corrected chi connectivity index (χ2v) is 10.8. The molecule has 1 atom stereocenters. The molecule has 2 aromatic carbocycles. The summed E-state index contributed by atoms with van der Waals surface area (Å²) >= 11 is 1.37. The lowest BCUT2D eigenvalue weighted by molar-refractivity contribution is -0.115. The molecule has 10 heteroatoms.